The van der Waals surface area contributed by atoms with Crippen LogP contribution in [0.4, 0.5) is 5.13 Å². The van der Waals surface area contributed by atoms with Gasteiger partial charge in [-0.1, -0.05) is 11.3 Å². The third kappa shape index (κ3) is 4.53. The number of hydrogen-bond donors (Lipinski definition) is 2. The smallest absolute Gasteiger partial charge is 0.271 e. The van der Waals surface area contributed by atoms with Crippen LogP contribution in [0.3, 0.4) is 0 Å². The minimum absolute atomic E-state index is 0.0153. The number of nitrogens with zero attached hydrogens (tertiary/aromatic N) is 2. The third-order valence-corrected chi connectivity index (χ3v) is 4.44. The van der Waals surface area contributed by atoms with Crippen LogP contribution >= 0.6 is 11.3 Å². The lowest BCUT2D eigenvalue weighted by atomic mass is 10.2. The Hall–Kier alpha value is -3.13. The van der Waals surface area contributed by atoms with Crippen LogP contribution in [0.15, 0.2) is 41.5 Å². The van der Waals surface area contributed by atoms with Crippen LogP contribution in [0.2, 0.25) is 0 Å². The summed E-state index contributed by atoms with van der Waals surface area (Å²) in [4.78, 5) is 16.5. The summed E-state index contributed by atoms with van der Waals surface area (Å²) >= 11 is 1.34. The number of rotatable bonds is 6. The van der Waals surface area contributed by atoms with Crippen molar-refractivity contribution in [1.82, 2.24) is 10.4 Å². The topological polar surface area (TPSA) is 98.8 Å². The Morgan fingerprint density at radius 3 is 2.81 bits per heavy atom. The van der Waals surface area contributed by atoms with Crippen LogP contribution in [0, 0.1) is 0 Å². The molecule has 3 rings (SSSR count). The summed E-state index contributed by atoms with van der Waals surface area (Å²) in [5.74, 6) is 0.949. The Balaban J connectivity index is 1.71. The van der Waals surface area contributed by atoms with E-state index in [1.807, 2.05) is 19.9 Å². The Labute approximate surface area is 160 Å². The van der Waals surface area contributed by atoms with Crippen molar-refractivity contribution in [1.29, 1.82) is 0 Å². The van der Waals surface area contributed by atoms with Gasteiger partial charge in [0.2, 0.25) is 0 Å². The van der Waals surface area contributed by atoms with E-state index in [-0.39, 0.29) is 12.0 Å². The number of nitrogens with one attached hydrogen (secondary N) is 1. The molecule has 1 aromatic heterocycles. The van der Waals surface area contributed by atoms with Crippen molar-refractivity contribution in [2.24, 2.45) is 5.10 Å². The van der Waals surface area contributed by atoms with Gasteiger partial charge in [0.25, 0.3) is 5.91 Å². The summed E-state index contributed by atoms with van der Waals surface area (Å²) in [6.07, 6.45) is 1.56. The number of amides is 1. The quantitative estimate of drug-likeness (QED) is 0.501. The number of nitrogen functional groups attached to an aromatic ring is 1. The minimum atomic E-state index is -0.313. The van der Waals surface area contributed by atoms with Gasteiger partial charge >= 0.3 is 0 Å². The third-order valence-electron chi connectivity index (χ3n) is 3.60. The van der Waals surface area contributed by atoms with Gasteiger partial charge in [0, 0.05) is 5.56 Å². The lowest BCUT2D eigenvalue weighted by molar-refractivity contribution is 0.0955. The van der Waals surface area contributed by atoms with Crippen LogP contribution in [0.1, 0.15) is 29.8 Å². The molecule has 3 N–H and O–H groups in total. The average molecular weight is 384 g/mol. The van der Waals surface area contributed by atoms with E-state index < -0.39 is 0 Å². The molecule has 0 saturated carbocycles. The second kappa shape index (κ2) is 8.05. The molecule has 2 aromatic carbocycles. The molecule has 0 unspecified atom stereocenters. The molecule has 7 nitrogen and oxygen atoms in total. The molecule has 0 atom stereocenters. The number of fused-ring (bicyclic) bond motifs is 1. The van der Waals surface area contributed by atoms with E-state index in [0.29, 0.717) is 22.2 Å². The summed E-state index contributed by atoms with van der Waals surface area (Å²) < 4.78 is 11.9. The van der Waals surface area contributed by atoms with E-state index >= 15 is 0 Å². The van der Waals surface area contributed by atoms with E-state index in [1.165, 1.54) is 11.3 Å². The molecule has 0 radical (unpaired) electrons. The van der Waals surface area contributed by atoms with Crippen molar-refractivity contribution < 1.29 is 14.3 Å². The molecule has 1 amide bonds. The zero-order valence-corrected chi connectivity index (χ0v) is 16.0. The summed E-state index contributed by atoms with van der Waals surface area (Å²) in [5.41, 5.74) is 10.2. The fraction of sp³-hybridized carbons (Fsp3) is 0.211. The highest BCUT2D eigenvalue weighted by molar-refractivity contribution is 7.22. The molecule has 0 spiro atoms. The highest BCUT2D eigenvalue weighted by Crippen LogP contribution is 2.28. The van der Waals surface area contributed by atoms with E-state index in [4.69, 9.17) is 15.2 Å². The Bertz CT molecular complexity index is 998. The van der Waals surface area contributed by atoms with Gasteiger partial charge < -0.3 is 15.2 Å². The monoisotopic (exact) mass is 384 g/mol. The molecule has 1 heterocycles. The molecule has 0 bridgehead atoms. The number of aromatic nitrogens is 1. The lowest BCUT2D eigenvalue weighted by Crippen LogP contribution is -2.17. The molecule has 0 fully saturated rings. The number of benzene rings is 2. The Morgan fingerprint density at radius 2 is 2.07 bits per heavy atom. The predicted octanol–water partition coefficient (Wildman–Crippen LogP) is 3.44. The first-order valence-electron chi connectivity index (χ1n) is 8.30. The number of thiazole rings is 1. The SMILES string of the molecule is COc1ccc(/C=N\NC(=O)c2ccc3nc(N)sc3c2)cc1OC(C)C. The van der Waals surface area contributed by atoms with Gasteiger partial charge in [-0.05, 0) is 55.8 Å². The van der Waals surface area contributed by atoms with Crippen LogP contribution in [-0.2, 0) is 0 Å². The number of anilines is 1. The number of carbonyl (C=O) groups excluding carboxylic acids is 1. The highest BCUT2D eigenvalue weighted by atomic mass is 32.1. The van der Waals surface area contributed by atoms with Gasteiger partial charge in [-0.2, -0.15) is 5.10 Å². The summed E-state index contributed by atoms with van der Waals surface area (Å²) in [7, 11) is 1.59. The molecule has 140 valence electrons. The summed E-state index contributed by atoms with van der Waals surface area (Å²) in [6.45, 7) is 3.88. The minimum Gasteiger partial charge on any atom is -0.493 e. The average Bonchev–Trinajstić information content (AvgIpc) is 3.00. The molecule has 0 saturated heterocycles. The maximum atomic E-state index is 12.3. The van der Waals surface area contributed by atoms with E-state index in [1.54, 1.807) is 43.7 Å². The number of hydrogen-bond acceptors (Lipinski definition) is 7. The molecule has 27 heavy (non-hydrogen) atoms. The van der Waals surface area contributed by atoms with Crippen molar-refractivity contribution >= 4 is 38.8 Å². The lowest BCUT2D eigenvalue weighted by Gasteiger charge is -2.13. The standard InChI is InChI=1S/C19H20N4O3S/c1-11(2)26-16-8-12(4-7-15(16)25-3)10-21-23-18(24)13-5-6-14-17(9-13)27-19(20)22-14/h4-11H,1-3H3,(H2,20,22)(H,23,24)/b21-10-. The zero-order valence-electron chi connectivity index (χ0n) is 15.2. The number of hydrazone groups is 1. The van der Waals surface area contributed by atoms with E-state index in [2.05, 4.69) is 15.5 Å². The number of carbonyl (C=O) groups is 1. The normalized spacial score (nSPS) is 11.3. The fourth-order valence-corrected chi connectivity index (χ4v) is 3.21. The van der Waals surface area contributed by atoms with Gasteiger partial charge in [0.05, 0.1) is 29.6 Å². The number of ether oxygens (including phenoxy) is 2. The first-order valence-corrected chi connectivity index (χ1v) is 9.12. The van der Waals surface area contributed by atoms with Gasteiger partial charge in [-0.15, -0.1) is 0 Å². The maximum absolute atomic E-state index is 12.3. The zero-order chi connectivity index (χ0) is 19.4. The van der Waals surface area contributed by atoms with E-state index in [0.717, 1.165) is 15.8 Å². The van der Waals surface area contributed by atoms with Gasteiger partial charge in [0.1, 0.15) is 0 Å². The summed E-state index contributed by atoms with van der Waals surface area (Å²) in [5, 5.41) is 4.49. The first kappa shape index (κ1) is 18.7. The molecular weight excluding hydrogens is 364 g/mol. The van der Waals surface area contributed by atoms with Gasteiger partial charge in [-0.25, -0.2) is 10.4 Å². The van der Waals surface area contributed by atoms with Crippen molar-refractivity contribution in [3.63, 3.8) is 0 Å². The molecule has 8 heteroatoms. The number of methoxy groups -OCH3 is 1. The van der Waals surface area contributed by atoms with Crippen molar-refractivity contribution in [3.8, 4) is 11.5 Å². The predicted molar refractivity (Wildman–Crippen MR) is 108 cm³/mol. The second-order valence-electron chi connectivity index (χ2n) is 6.01. The molecule has 0 aliphatic carbocycles. The molecule has 0 aliphatic rings. The van der Waals surface area contributed by atoms with Crippen LogP contribution in [0.25, 0.3) is 10.2 Å². The number of nitrogens with two attached hydrogens (primary N) is 1. The molecular formula is C19H20N4O3S. The van der Waals surface area contributed by atoms with E-state index in [9.17, 15) is 4.79 Å². The van der Waals surface area contributed by atoms with Crippen molar-refractivity contribution in [2.75, 3.05) is 12.8 Å². The second-order valence-corrected chi connectivity index (χ2v) is 7.07. The molecule has 0 aliphatic heterocycles. The first-order chi connectivity index (χ1) is 13.0. The largest absolute Gasteiger partial charge is 0.493 e. The van der Waals surface area contributed by atoms with Crippen LogP contribution < -0.4 is 20.6 Å². The Morgan fingerprint density at radius 1 is 1.26 bits per heavy atom. The van der Waals surface area contributed by atoms with Gasteiger partial charge in [-0.3, -0.25) is 4.79 Å². The van der Waals surface area contributed by atoms with Crippen molar-refractivity contribution in [3.05, 3.63) is 47.5 Å². The summed E-state index contributed by atoms with van der Waals surface area (Å²) in [6, 6.07) is 10.6. The highest BCUT2D eigenvalue weighted by Gasteiger charge is 2.09. The van der Waals surface area contributed by atoms with Crippen LogP contribution in [-0.4, -0.2) is 30.3 Å². The Kier molecular flexibility index (Phi) is 5.56. The van der Waals surface area contributed by atoms with Crippen LogP contribution in [0.5, 0.6) is 11.5 Å². The molecule has 3 aromatic rings. The maximum Gasteiger partial charge on any atom is 0.271 e. The van der Waals surface area contributed by atoms with Gasteiger partial charge in [0.15, 0.2) is 16.6 Å². The van der Waals surface area contributed by atoms with Crippen molar-refractivity contribution in [2.45, 2.75) is 20.0 Å². The fourth-order valence-electron chi connectivity index (χ4n) is 2.43.